The predicted molar refractivity (Wildman–Crippen MR) is 106 cm³/mol. The van der Waals surface area contributed by atoms with Gasteiger partial charge in [0.2, 0.25) is 5.89 Å². The van der Waals surface area contributed by atoms with Crippen LogP contribution in [0.4, 0.5) is 0 Å². The molecule has 1 heterocycles. The van der Waals surface area contributed by atoms with Crippen LogP contribution in [0, 0.1) is 0 Å². The molecule has 2 aromatic rings. The van der Waals surface area contributed by atoms with Crippen LogP contribution in [0.15, 0.2) is 39.9 Å². The van der Waals surface area contributed by atoms with E-state index in [9.17, 15) is 0 Å². The summed E-state index contributed by atoms with van der Waals surface area (Å²) in [5.41, 5.74) is 2.48. The number of hydrogen-bond acceptors (Lipinski definition) is 4. The van der Waals surface area contributed by atoms with Crippen LogP contribution in [0.5, 0.6) is 0 Å². The molecule has 0 fully saturated rings. The Hall–Kier alpha value is -2.34. The van der Waals surface area contributed by atoms with Crippen molar-refractivity contribution in [3.05, 3.63) is 53.2 Å². The fourth-order valence-electron chi connectivity index (χ4n) is 2.51. The second-order valence-electron chi connectivity index (χ2n) is 7.71. The lowest BCUT2D eigenvalue weighted by atomic mass is 9.94. The lowest BCUT2D eigenvalue weighted by Gasteiger charge is -2.14. The van der Waals surface area contributed by atoms with Crippen molar-refractivity contribution in [1.29, 1.82) is 0 Å². The van der Waals surface area contributed by atoms with Crippen molar-refractivity contribution in [2.75, 3.05) is 21.1 Å². The zero-order valence-electron chi connectivity index (χ0n) is 16.8. The first kappa shape index (κ1) is 20.0. The second-order valence-corrected chi connectivity index (χ2v) is 7.71. The number of nitrogens with one attached hydrogen (secondary N) is 2. The van der Waals surface area contributed by atoms with Gasteiger partial charge in [-0.1, -0.05) is 45.0 Å². The van der Waals surface area contributed by atoms with Gasteiger partial charge in [-0.25, -0.2) is 4.98 Å². The SMILES string of the molecule is CN=C(NCc1cccc(CN(C)C)c1)NCc1ncc(C(C)(C)C)o1. The molecule has 142 valence electrons. The molecule has 2 rings (SSSR count). The minimum absolute atomic E-state index is 0.0389. The molecule has 1 aromatic carbocycles. The number of nitrogens with zero attached hydrogens (tertiary/aromatic N) is 3. The van der Waals surface area contributed by atoms with E-state index in [2.05, 4.69) is 84.6 Å². The van der Waals surface area contributed by atoms with Crippen LogP contribution in [0.2, 0.25) is 0 Å². The lowest BCUT2D eigenvalue weighted by Crippen LogP contribution is -2.36. The first-order chi connectivity index (χ1) is 12.3. The van der Waals surface area contributed by atoms with Crippen molar-refractivity contribution in [2.24, 2.45) is 4.99 Å². The molecule has 0 bridgehead atoms. The molecule has 0 aliphatic rings. The van der Waals surface area contributed by atoms with Crippen LogP contribution >= 0.6 is 0 Å². The van der Waals surface area contributed by atoms with Gasteiger partial charge in [0.25, 0.3) is 0 Å². The molecule has 6 heteroatoms. The van der Waals surface area contributed by atoms with Gasteiger partial charge in [-0.2, -0.15) is 0 Å². The smallest absolute Gasteiger partial charge is 0.213 e. The minimum atomic E-state index is -0.0389. The highest BCUT2D eigenvalue weighted by molar-refractivity contribution is 5.79. The number of oxazole rings is 1. The summed E-state index contributed by atoms with van der Waals surface area (Å²) in [6, 6.07) is 8.56. The van der Waals surface area contributed by atoms with E-state index in [4.69, 9.17) is 4.42 Å². The fraction of sp³-hybridized carbons (Fsp3) is 0.500. The highest BCUT2D eigenvalue weighted by Crippen LogP contribution is 2.22. The summed E-state index contributed by atoms with van der Waals surface area (Å²) >= 11 is 0. The summed E-state index contributed by atoms with van der Waals surface area (Å²) in [5, 5.41) is 6.57. The number of aromatic nitrogens is 1. The van der Waals surface area contributed by atoms with Crippen LogP contribution in [-0.2, 0) is 25.0 Å². The average Bonchev–Trinajstić information content (AvgIpc) is 3.04. The first-order valence-corrected chi connectivity index (χ1v) is 8.90. The van der Waals surface area contributed by atoms with Crippen molar-refractivity contribution < 1.29 is 4.42 Å². The van der Waals surface area contributed by atoms with Gasteiger partial charge in [0.15, 0.2) is 5.96 Å². The standard InChI is InChI=1S/C20H31N5O/c1-20(2,3)17-12-22-18(26-17)13-24-19(21-4)23-11-15-8-7-9-16(10-15)14-25(5)6/h7-10,12H,11,13-14H2,1-6H3,(H2,21,23,24). The van der Waals surface area contributed by atoms with E-state index < -0.39 is 0 Å². The fourth-order valence-corrected chi connectivity index (χ4v) is 2.51. The summed E-state index contributed by atoms with van der Waals surface area (Å²) in [5.74, 6) is 2.26. The van der Waals surface area contributed by atoms with E-state index in [1.165, 1.54) is 11.1 Å². The zero-order chi connectivity index (χ0) is 19.2. The third kappa shape index (κ3) is 6.19. The van der Waals surface area contributed by atoms with E-state index in [-0.39, 0.29) is 5.41 Å². The Kier molecular flexibility index (Phi) is 6.80. The molecular weight excluding hydrogens is 326 g/mol. The van der Waals surface area contributed by atoms with E-state index >= 15 is 0 Å². The molecule has 0 saturated heterocycles. The van der Waals surface area contributed by atoms with Gasteiger partial charge in [-0.05, 0) is 25.2 Å². The molecular formula is C20H31N5O. The number of guanidine groups is 1. The van der Waals surface area contributed by atoms with E-state index in [0.717, 1.165) is 18.3 Å². The summed E-state index contributed by atoms with van der Waals surface area (Å²) in [4.78, 5) is 10.8. The van der Waals surface area contributed by atoms with Crippen molar-refractivity contribution >= 4 is 5.96 Å². The van der Waals surface area contributed by atoms with Gasteiger partial charge in [0.1, 0.15) is 5.76 Å². The second kappa shape index (κ2) is 8.85. The Morgan fingerprint density at radius 2 is 1.85 bits per heavy atom. The molecule has 2 N–H and O–H groups in total. The predicted octanol–water partition coefficient (Wildman–Crippen LogP) is 2.90. The molecule has 0 atom stereocenters. The van der Waals surface area contributed by atoms with Gasteiger partial charge in [-0.15, -0.1) is 0 Å². The molecule has 0 saturated carbocycles. The summed E-state index contributed by atoms with van der Waals surface area (Å²) < 4.78 is 5.80. The number of hydrogen-bond donors (Lipinski definition) is 2. The lowest BCUT2D eigenvalue weighted by molar-refractivity contribution is 0.379. The molecule has 26 heavy (non-hydrogen) atoms. The Morgan fingerprint density at radius 1 is 1.15 bits per heavy atom. The molecule has 0 unspecified atom stereocenters. The van der Waals surface area contributed by atoms with Gasteiger partial charge >= 0.3 is 0 Å². The van der Waals surface area contributed by atoms with Crippen molar-refractivity contribution in [1.82, 2.24) is 20.5 Å². The maximum Gasteiger partial charge on any atom is 0.213 e. The minimum Gasteiger partial charge on any atom is -0.443 e. The van der Waals surface area contributed by atoms with Crippen LogP contribution in [0.1, 0.15) is 43.5 Å². The number of aliphatic imine (C=N–C) groups is 1. The summed E-state index contributed by atoms with van der Waals surface area (Å²) in [7, 11) is 5.91. The monoisotopic (exact) mass is 357 g/mol. The zero-order valence-corrected chi connectivity index (χ0v) is 16.8. The largest absolute Gasteiger partial charge is 0.443 e. The average molecular weight is 358 g/mol. The Balaban J connectivity index is 1.87. The van der Waals surface area contributed by atoms with Gasteiger partial charge in [-0.3, -0.25) is 4.99 Å². The molecule has 0 aliphatic carbocycles. The summed E-state index contributed by atoms with van der Waals surface area (Å²) in [6.45, 7) is 8.46. The summed E-state index contributed by atoms with van der Waals surface area (Å²) in [6.07, 6.45) is 1.80. The molecule has 6 nitrogen and oxygen atoms in total. The van der Waals surface area contributed by atoms with E-state index in [1.807, 2.05) is 0 Å². The maximum absolute atomic E-state index is 5.80. The Morgan fingerprint density at radius 3 is 2.46 bits per heavy atom. The molecule has 0 amide bonds. The number of rotatable bonds is 6. The maximum atomic E-state index is 5.80. The van der Waals surface area contributed by atoms with Gasteiger partial charge in [0, 0.05) is 25.6 Å². The Bertz CT molecular complexity index is 728. The molecule has 1 aromatic heterocycles. The van der Waals surface area contributed by atoms with Crippen LogP contribution < -0.4 is 10.6 Å². The highest BCUT2D eigenvalue weighted by Gasteiger charge is 2.19. The Labute approximate surface area is 156 Å². The van der Waals surface area contributed by atoms with Gasteiger partial charge in [0.05, 0.1) is 12.7 Å². The van der Waals surface area contributed by atoms with Crippen LogP contribution in [0.3, 0.4) is 0 Å². The van der Waals surface area contributed by atoms with Crippen LogP contribution in [0.25, 0.3) is 0 Å². The topological polar surface area (TPSA) is 65.7 Å². The molecule has 0 aliphatic heterocycles. The highest BCUT2D eigenvalue weighted by atomic mass is 16.4. The number of benzene rings is 1. The van der Waals surface area contributed by atoms with Crippen molar-refractivity contribution in [3.8, 4) is 0 Å². The first-order valence-electron chi connectivity index (χ1n) is 8.90. The van der Waals surface area contributed by atoms with E-state index in [0.29, 0.717) is 19.0 Å². The third-order valence-electron chi connectivity index (χ3n) is 3.87. The van der Waals surface area contributed by atoms with Crippen LogP contribution in [-0.4, -0.2) is 37.0 Å². The van der Waals surface area contributed by atoms with Crippen molar-refractivity contribution in [2.45, 2.75) is 45.8 Å². The third-order valence-corrected chi connectivity index (χ3v) is 3.87. The van der Waals surface area contributed by atoms with E-state index in [1.54, 1.807) is 13.2 Å². The normalized spacial score (nSPS) is 12.5. The quantitative estimate of drug-likeness (QED) is 0.615. The van der Waals surface area contributed by atoms with Crippen molar-refractivity contribution in [3.63, 3.8) is 0 Å². The molecule has 0 spiro atoms. The van der Waals surface area contributed by atoms with Gasteiger partial charge < -0.3 is 20.0 Å². The molecule has 0 radical (unpaired) electrons.